The number of aromatic hydroxyl groups is 1. The SMILES string of the molecule is COc1cc(CNC(C)Cc2ccc(O)cc2)ccc1OCc1ccncc1. The summed E-state index contributed by atoms with van der Waals surface area (Å²) in [5.41, 5.74) is 3.38. The Balaban J connectivity index is 1.54. The number of phenols is 1. The van der Waals surface area contributed by atoms with Crippen molar-refractivity contribution in [3.8, 4) is 17.2 Å². The van der Waals surface area contributed by atoms with Gasteiger partial charge in [0.1, 0.15) is 12.4 Å². The van der Waals surface area contributed by atoms with Crippen molar-refractivity contribution < 1.29 is 14.6 Å². The van der Waals surface area contributed by atoms with Crippen molar-refractivity contribution in [2.45, 2.75) is 32.5 Å². The number of ether oxygens (including phenoxy) is 2. The van der Waals surface area contributed by atoms with E-state index < -0.39 is 0 Å². The van der Waals surface area contributed by atoms with Crippen molar-refractivity contribution >= 4 is 0 Å². The lowest BCUT2D eigenvalue weighted by Crippen LogP contribution is -2.27. The highest BCUT2D eigenvalue weighted by molar-refractivity contribution is 5.43. The molecule has 3 aromatic rings. The molecule has 1 atom stereocenters. The molecule has 0 aliphatic carbocycles. The van der Waals surface area contributed by atoms with Gasteiger partial charge < -0.3 is 19.9 Å². The highest BCUT2D eigenvalue weighted by Crippen LogP contribution is 2.29. The van der Waals surface area contributed by atoms with Crippen molar-refractivity contribution in [2.24, 2.45) is 0 Å². The number of nitrogens with zero attached hydrogens (tertiary/aromatic N) is 1. The minimum absolute atomic E-state index is 0.294. The lowest BCUT2D eigenvalue weighted by molar-refractivity contribution is 0.284. The lowest BCUT2D eigenvalue weighted by atomic mass is 10.1. The van der Waals surface area contributed by atoms with Gasteiger partial charge in [0.15, 0.2) is 11.5 Å². The molecule has 28 heavy (non-hydrogen) atoms. The second kappa shape index (κ2) is 9.76. The number of aromatic nitrogens is 1. The quantitative estimate of drug-likeness (QED) is 0.587. The molecule has 5 nitrogen and oxygen atoms in total. The number of methoxy groups -OCH3 is 1. The Morgan fingerprint density at radius 1 is 0.929 bits per heavy atom. The van der Waals surface area contributed by atoms with E-state index in [2.05, 4.69) is 17.2 Å². The van der Waals surface area contributed by atoms with Gasteiger partial charge in [-0.3, -0.25) is 4.98 Å². The molecule has 0 aliphatic rings. The first-order chi connectivity index (χ1) is 13.6. The molecule has 0 spiro atoms. The molecule has 1 unspecified atom stereocenters. The summed E-state index contributed by atoms with van der Waals surface area (Å²) < 4.78 is 11.4. The first-order valence-electron chi connectivity index (χ1n) is 9.34. The normalized spacial score (nSPS) is 11.8. The van der Waals surface area contributed by atoms with E-state index in [1.165, 1.54) is 5.56 Å². The lowest BCUT2D eigenvalue weighted by Gasteiger charge is -2.16. The molecule has 0 aliphatic heterocycles. The number of hydrogen-bond donors (Lipinski definition) is 2. The zero-order chi connectivity index (χ0) is 19.8. The topological polar surface area (TPSA) is 63.6 Å². The number of benzene rings is 2. The zero-order valence-electron chi connectivity index (χ0n) is 16.3. The third-order valence-electron chi connectivity index (χ3n) is 4.50. The van der Waals surface area contributed by atoms with E-state index in [0.717, 1.165) is 35.6 Å². The van der Waals surface area contributed by atoms with Crippen molar-refractivity contribution in [1.29, 1.82) is 0 Å². The average Bonchev–Trinajstić information content (AvgIpc) is 2.73. The standard InChI is InChI=1S/C23H26N2O3/c1-17(13-18-3-6-21(26)7-4-18)25-15-20-5-8-22(23(14-20)27-2)28-16-19-9-11-24-12-10-19/h3-12,14,17,25-26H,13,15-16H2,1-2H3. The van der Waals surface area contributed by atoms with Crippen molar-refractivity contribution in [2.75, 3.05) is 7.11 Å². The molecule has 1 aromatic heterocycles. The maximum atomic E-state index is 9.38. The summed E-state index contributed by atoms with van der Waals surface area (Å²) in [4.78, 5) is 4.01. The summed E-state index contributed by atoms with van der Waals surface area (Å²) in [6, 6.07) is 17.5. The first-order valence-corrected chi connectivity index (χ1v) is 9.34. The van der Waals surface area contributed by atoms with Crippen LogP contribution in [-0.4, -0.2) is 23.2 Å². The molecule has 2 N–H and O–H groups in total. The molecule has 0 radical (unpaired) electrons. The van der Waals surface area contributed by atoms with Gasteiger partial charge in [-0.1, -0.05) is 18.2 Å². The van der Waals surface area contributed by atoms with Crippen LogP contribution in [0, 0.1) is 0 Å². The molecule has 2 aromatic carbocycles. The smallest absolute Gasteiger partial charge is 0.161 e. The Kier molecular flexibility index (Phi) is 6.87. The summed E-state index contributed by atoms with van der Waals surface area (Å²) in [6.45, 7) is 3.36. The van der Waals surface area contributed by atoms with Crippen LogP contribution in [0.15, 0.2) is 67.0 Å². The third kappa shape index (κ3) is 5.72. The fraction of sp³-hybridized carbons (Fsp3) is 0.261. The van der Waals surface area contributed by atoms with Crippen LogP contribution in [0.2, 0.25) is 0 Å². The van der Waals surface area contributed by atoms with Gasteiger partial charge in [-0.2, -0.15) is 0 Å². The molecule has 146 valence electrons. The van der Waals surface area contributed by atoms with Gasteiger partial charge in [-0.05, 0) is 66.4 Å². The molecule has 3 rings (SSSR count). The van der Waals surface area contributed by atoms with Gasteiger partial charge in [-0.15, -0.1) is 0 Å². The van der Waals surface area contributed by atoms with Gasteiger partial charge in [0.25, 0.3) is 0 Å². The molecule has 1 heterocycles. The summed E-state index contributed by atoms with van der Waals surface area (Å²) in [6.07, 6.45) is 4.40. The fourth-order valence-corrected chi connectivity index (χ4v) is 2.93. The van der Waals surface area contributed by atoms with E-state index in [4.69, 9.17) is 9.47 Å². The second-order valence-corrected chi connectivity index (χ2v) is 6.78. The molecule has 0 amide bonds. The van der Waals surface area contributed by atoms with E-state index in [0.29, 0.717) is 18.4 Å². The highest BCUT2D eigenvalue weighted by atomic mass is 16.5. The van der Waals surface area contributed by atoms with Gasteiger partial charge in [0.2, 0.25) is 0 Å². The minimum Gasteiger partial charge on any atom is -0.508 e. The van der Waals surface area contributed by atoms with Crippen LogP contribution in [0.3, 0.4) is 0 Å². The maximum Gasteiger partial charge on any atom is 0.161 e. The molecule has 0 bridgehead atoms. The van der Waals surface area contributed by atoms with Crippen LogP contribution in [0.5, 0.6) is 17.2 Å². The monoisotopic (exact) mass is 378 g/mol. The Morgan fingerprint density at radius 2 is 1.64 bits per heavy atom. The highest BCUT2D eigenvalue weighted by Gasteiger charge is 2.08. The van der Waals surface area contributed by atoms with Gasteiger partial charge in [0.05, 0.1) is 7.11 Å². The van der Waals surface area contributed by atoms with Crippen LogP contribution >= 0.6 is 0 Å². The predicted octanol–water partition coefficient (Wildman–Crippen LogP) is 4.10. The predicted molar refractivity (Wildman–Crippen MR) is 110 cm³/mol. The Bertz CT molecular complexity index is 867. The summed E-state index contributed by atoms with van der Waals surface area (Å²) >= 11 is 0. The number of rotatable bonds is 9. The molecule has 0 saturated heterocycles. The van der Waals surface area contributed by atoms with Crippen molar-refractivity contribution in [1.82, 2.24) is 10.3 Å². The molecule has 0 saturated carbocycles. The first kappa shape index (κ1) is 19.7. The van der Waals surface area contributed by atoms with E-state index >= 15 is 0 Å². The summed E-state index contributed by atoms with van der Waals surface area (Å²) in [7, 11) is 1.65. The molecular formula is C23H26N2O3. The Labute approximate surface area is 166 Å². The van der Waals surface area contributed by atoms with Crippen molar-refractivity contribution in [3.05, 3.63) is 83.7 Å². The van der Waals surface area contributed by atoms with E-state index in [9.17, 15) is 5.11 Å². The second-order valence-electron chi connectivity index (χ2n) is 6.78. The molecule has 0 fully saturated rings. The van der Waals surface area contributed by atoms with E-state index in [-0.39, 0.29) is 0 Å². The third-order valence-corrected chi connectivity index (χ3v) is 4.50. The van der Waals surface area contributed by atoms with Crippen LogP contribution < -0.4 is 14.8 Å². The number of hydrogen-bond acceptors (Lipinski definition) is 5. The number of nitrogens with one attached hydrogen (secondary N) is 1. The van der Waals surface area contributed by atoms with Crippen molar-refractivity contribution in [3.63, 3.8) is 0 Å². The largest absolute Gasteiger partial charge is 0.508 e. The summed E-state index contributed by atoms with van der Waals surface area (Å²) in [5.74, 6) is 1.74. The van der Waals surface area contributed by atoms with Gasteiger partial charge in [-0.25, -0.2) is 0 Å². The van der Waals surface area contributed by atoms with Gasteiger partial charge >= 0.3 is 0 Å². The average molecular weight is 378 g/mol. The van der Waals surface area contributed by atoms with Crippen LogP contribution in [0.1, 0.15) is 23.6 Å². The van der Waals surface area contributed by atoms with Gasteiger partial charge in [0, 0.05) is 25.0 Å². The summed E-state index contributed by atoms with van der Waals surface area (Å²) in [5, 5.41) is 12.9. The van der Waals surface area contributed by atoms with Crippen LogP contribution in [-0.2, 0) is 19.6 Å². The van der Waals surface area contributed by atoms with Crippen LogP contribution in [0.4, 0.5) is 0 Å². The van der Waals surface area contributed by atoms with Crippen LogP contribution in [0.25, 0.3) is 0 Å². The van der Waals surface area contributed by atoms with E-state index in [1.807, 2.05) is 42.5 Å². The maximum absolute atomic E-state index is 9.38. The Hall–Kier alpha value is -3.05. The number of phenolic OH excluding ortho intramolecular Hbond substituents is 1. The Morgan fingerprint density at radius 3 is 2.36 bits per heavy atom. The molecule has 5 heteroatoms. The molecular weight excluding hydrogens is 352 g/mol. The minimum atomic E-state index is 0.294. The number of pyridine rings is 1. The zero-order valence-corrected chi connectivity index (χ0v) is 16.3. The fourth-order valence-electron chi connectivity index (χ4n) is 2.93. The van der Waals surface area contributed by atoms with E-state index in [1.54, 1.807) is 31.6 Å².